The summed E-state index contributed by atoms with van der Waals surface area (Å²) >= 11 is 1.37. The lowest BCUT2D eigenvalue weighted by Gasteiger charge is -2.07. The Hall–Kier alpha value is -3.58. The number of rotatable bonds is 4. The Kier molecular flexibility index (Phi) is 5.31. The lowest BCUT2D eigenvalue weighted by Crippen LogP contribution is -2.42. The van der Waals surface area contributed by atoms with E-state index in [2.05, 4.69) is 15.8 Å². The summed E-state index contributed by atoms with van der Waals surface area (Å²) in [6.07, 6.45) is 0.0235. The van der Waals surface area contributed by atoms with Gasteiger partial charge in [-0.2, -0.15) is 0 Å². The fourth-order valence-electron chi connectivity index (χ4n) is 2.85. The highest BCUT2D eigenvalue weighted by atomic mass is 32.1. The molecule has 144 valence electrons. The van der Waals surface area contributed by atoms with Crippen molar-refractivity contribution in [2.45, 2.75) is 6.42 Å². The lowest BCUT2D eigenvalue weighted by atomic mass is 10.1. The van der Waals surface area contributed by atoms with Crippen LogP contribution in [0, 0.1) is 5.82 Å². The highest BCUT2D eigenvalue weighted by Gasteiger charge is 2.11. The Morgan fingerprint density at radius 3 is 2.48 bits per heavy atom. The number of carbonyl (C=O) groups excluding carboxylic acids is 2. The summed E-state index contributed by atoms with van der Waals surface area (Å²) in [5, 5.41) is 4.45. The summed E-state index contributed by atoms with van der Waals surface area (Å²) in [5.74, 6) is -1.09. The molecule has 1 aromatic heterocycles. The third-order valence-electron chi connectivity index (χ3n) is 4.31. The molecule has 0 fully saturated rings. The number of hydrogen-bond donors (Lipinski definition) is 2. The third-order valence-corrected chi connectivity index (χ3v) is 5.25. The van der Waals surface area contributed by atoms with Crippen LogP contribution in [0.3, 0.4) is 0 Å². The second-order valence-electron chi connectivity index (χ2n) is 6.39. The summed E-state index contributed by atoms with van der Waals surface area (Å²) < 4.78 is 13.0. The zero-order chi connectivity index (χ0) is 20.2. The molecule has 2 N–H and O–H groups in total. The van der Waals surface area contributed by atoms with Crippen LogP contribution in [-0.2, 0) is 11.2 Å². The van der Waals surface area contributed by atoms with Gasteiger partial charge >= 0.3 is 0 Å². The monoisotopic (exact) mass is 405 g/mol. The molecule has 0 aliphatic heterocycles. The molecule has 0 aliphatic carbocycles. The molecule has 1 heterocycles. The number of hydrazine groups is 1. The molecule has 4 rings (SSSR count). The first-order valence-electron chi connectivity index (χ1n) is 8.87. The highest BCUT2D eigenvalue weighted by molar-refractivity contribution is 7.13. The van der Waals surface area contributed by atoms with E-state index in [1.165, 1.54) is 23.5 Å². The van der Waals surface area contributed by atoms with E-state index < -0.39 is 5.91 Å². The molecule has 2 amide bonds. The molecule has 0 radical (unpaired) electrons. The van der Waals surface area contributed by atoms with Gasteiger partial charge in [-0.05, 0) is 47.2 Å². The van der Waals surface area contributed by atoms with Crippen molar-refractivity contribution in [1.82, 2.24) is 15.8 Å². The average molecular weight is 405 g/mol. The molecule has 0 saturated carbocycles. The zero-order valence-electron chi connectivity index (χ0n) is 15.2. The van der Waals surface area contributed by atoms with Gasteiger partial charge in [0.15, 0.2) is 0 Å². The Labute approximate surface area is 170 Å². The molecule has 5 nitrogen and oxygen atoms in total. The van der Waals surface area contributed by atoms with Crippen molar-refractivity contribution in [3.05, 3.63) is 89.2 Å². The number of halogens is 1. The number of nitrogens with one attached hydrogen (secondary N) is 2. The molecule has 0 saturated heterocycles. The van der Waals surface area contributed by atoms with Crippen molar-refractivity contribution in [1.29, 1.82) is 0 Å². The number of thiazole rings is 1. The van der Waals surface area contributed by atoms with Crippen LogP contribution in [0.4, 0.5) is 4.39 Å². The van der Waals surface area contributed by atoms with Crippen molar-refractivity contribution < 1.29 is 14.0 Å². The minimum Gasteiger partial charge on any atom is -0.273 e. The molecule has 29 heavy (non-hydrogen) atoms. The molecule has 0 atom stereocenters. The van der Waals surface area contributed by atoms with Crippen LogP contribution < -0.4 is 10.9 Å². The molecule has 0 unspecified atom stereocenters. The Morgan fingerprint density at radius 2 is 1.69 bits per heavy atom. The van der Waals surface area contributed by atoms with Crippen molar-refractivity contribution >= 4 is 33.9 Å². The maximum Gasteiger partial charge on any atom is 0.269 e. The maximum absolute atomic E-state index is 13.0. The Balaban J connectivity index is 1.35. The quantitative estimate of drug-likeness (QED) is 0.502. The molecule has 0 aliphatic rings. The number of benzene rings is 3. The lowest BCUT2D eigenvalue weighted by molar-refractivity contribution is -0.121. The minimum atomic E-state index is -0.394. The minimum absolute atomic E-state index is 0.0235. The predicted octanol–water partition coefficient (Wildman–Crippen LogP) is 4.11. The van der Waals surface area contributed by atoms with E-state index in [9.17, 15) is 14.0 Å². The maximum atomic E-state index is 13.0. The van der Waals surface area contributed by atoms with Gasteiger partial charge in [0.2, 0.25) is 5.91 Å². The smallest absolute Gasteiger partial charge is 0.269 e. The van der Waals surface area contributed by atoms with Crippen molar-refractivity contribution in [2.24, 2.45) is 0 Å². The number of aromatic nitrogens is 1. The second kappa shape index (κ2) is 8.20. The summed E-state index contributed by atoms with van der Waals surface area (Å²) in [6.45, 7) is 0. The molecular formula is C22H16FN3O2S. The molecule has 0 bridgehead atoms. The number of nitrogens with zero attached hydrogens (tertiary/aromatic N) is 1. The summed E-state index contributed by atoms with van der Waals surface area (Å²) in [4.78, 5) is 28.8. The fraction of sp³-hybridized carbons (Fsp3) is 0.0455. The van der Waals surface area contributed by atoms with Crippen LogP contribution in [0.25, 0.3) is 21.3 Å². The van der Waals surface area contributed by atoms with Crippen LogP contribution >= 0.6 is 11.3 Å². The summed E-state index contributed by atoms with van der Waals surface area (Å²) in [6, 6.07) is 19.1. The number of amides is 2. The third kappa shape index (κ3) is 4.47. The van der Waals surface area contributed by atoms with Gasteiger partial charge in [-0.15, -0.1) is 11.3 Å². The number of fused-ring (bicyclic) bond motifs is 1. The Bertz CT molecular complexity index is 1190. The van der Waals surface area contributed by atoms with Crippen LogP contribution in [-0.4, -0.2) is 16.8 Å². The first-order valence-corrected chi connectivity index (χ1v) is 9.75. The van der Waals surface area contributed by atoms with Crippen molar-refractivity contribution in [3.63, 3.8) is 0 Å². The van der Waals surface area contributed by atoms with Crippen molar-refractivity contribution in [3.8, 4) is 10.6 Å². The van der Waals surface area contributed by atoms with E-state index in [-0.39, 0.29) is 18.1 Å². The van der Waals surface area contributed by atoms with E-state index in [1.54, 1.807) is 29.6 Å². The molecular weight excluding hydrogens is 389 g/mol. The van der Waals surface area contributed by atoms with Gasteiger partial charge < -0.3 is 0 Å². The van der Waals surface area contributed by atoms with E-state index in [0.717, 1.165) is 16.3 Å². The summed E-state index contributed by atoms with van der Waals surface area (Å²) in [7, 11) is 0. The molecule has 3 aromatic carbocycles. The molecule has 7 heteroatoms. The van der Waals surface area contributed by atoms with Gasteiger partial charge in [0.1, 0.15) is 10.8 Å². The first kappa shape index (κ1) is 18.8. The van der Waals surface area contributed by atoms with Crippen molar-refractivity contribution in [2.75, 3.05) is 0 Å². The zero-order valence-corrected chi connectivity index (χ0v) is 16.0. The van der Waals surface area contributed by atoms with E-state index in [1.807, 2.05) is 30.3 Å². The van der Waals surface area contributed by atoms with Crippen LogP contribution in [0.2, 0.25) is 0 Å². The van der Waals surface area contributed by atoms with Gasteiger partial charge in [-0.1, -0.05) is 30.3 Å². The second-order valence-corrected chi connectivity index (χ2v) is 7.25. The standard InChI is InChI=1S/C22H16FN3O2S/c23-18-9-7-15(8-10-18)22-24-19(13-29-22)12-20(27)25-26-21(28)17-6-5-14-3-1-2-4-16(14)11-17/h1-11,13H,12H2,(H,25,27)(H,26,28). The topological polar surface area (TPSA) is 71.1 Å². The van der Waals surface area contributed by atoms with Crippen LogP contribution in [0.5, 0.6) is 0 Å². The number of hydrogen-bond acceptors (Lipinski definition) is 4. The van der Waals surface area contributed by atoms with E-state index >= 15 is 0 Å². The SMILES string of the molecule is O=C(Cc1csc(-c2ccc(F)cc2)n1)NNC(=O)c1ccc2ccccc2c1. The molecule has 0 spiro atoms. The van der Waals surface area contributed by atoms with Gasteiger partial charge in [-0.3, -0.25) is 20.4 Å². The molecule has 4 aromatic rings. The van der Waals surface area contributed by atoms with Gasteiger partial charge in [-0.25, -0.2) is 9.37 Å². The highest BCUT2D eigenvalue weighted by Crippen LogP contribution is 2.24. The van der Waals surface area contributed by atoms with E-state index in [0.29, 0.717) is 16.3 Å². The van der Waals surface area contributed by atoms with Gasteiger partial charge in [0.05, 0.1) is 12.1 Å². The fourth-order valence-corrected chi connectivity index (χ4v) is 3.68. The number of carbonyl (C=O) groups is 2. The first-order chi connectivity index (χ1) is 14.1. The Morgan fingerprint density at radius 1 is 0.931 bits per heavy atom. The van der Waals surface area contributed by atoms with Gasteiger partial charge in [0.25, 0.3) is 5.91 Å². The average Bonchev–Trinajstić information content (AvgIpc) is 3.20. The summed E-state index contributed by atoms with van der Waals surface area (Å²) in [5.41, 5.74) is 6.65. The largest absolute Gasteiger partial charge is 0.273 e. The normalized spacial score (nSPS) is 10.7. The van der Waals surface area contributed by atoms with E-state index in [4.69, 9.17) is 0 Å². The van der Waals surface area contributed by atoms with Crippen LogP contribution in [0.1, 0.15) is 16.1 Å². The van der Waals surface area contributed by atoms with Gasteiger partial charge in [0, 0.05) is 16.5 Å². The van der Waals surface area contributed by atoms with Crippen LogP contribution in [0.15, 0.2) is 72.1 Å². The predicted molar refractivity (Wildman–Crippen MR) is 111 cm³/mol.